The summed E-state index contributed by atoms with van der Waals surface area (Å²) in [5, 5.41) is 0. The van der Waals surface area contributed by atoms with Crippen LogP contribution in [0.2, 0.25) is 0 Å². The highest BCUT2D eigenvalue weighted by Crippen LogP contribution is 2.40. The Morgan fingerprint density at radius 2 is 2.06 bits per heavy atom. The van der Waals surface area contributed by atoms with E-state index in [1.807, 2.05) is 0 Å². The summed E-state index contributed by atoms with van der Waals surface area (Å²) in [6.45, 7) is 0.507. The first-order valence-corrected chi connectivity index (χ1v) is 6.95. The summed E-state index contributed by atoms with van der Waals surface area (Å²) in [5.41, 5.74) is 0. The Bertz CT molecular complexity index is 391. The van der Waals surface area contributed by atoms with Gasteiger partial charge in [-0.1, -0.05) is 12.2 Å². The van der Waals surface area contributed by atoms with Crippen LogP contribution in [0.3, 0.4) is 0 Å². The minimum absolute atomic E-state index is 0.0313. The lowest BCUT2D eigenvalue weighted by Gasteiger charge is -2.20. The van der Waals surface area contributed by atoms with Gasteiger partial charge in [0.1, 0.15) is 6.10 Å². The van der Waals surface area contributed by atoms with Crippen molar-refractivity contribution >= 4 is 5.97 Å². The lowest BCUT2D eigenvalue weighted by atomic mass is 9.89. The normalized spacial score (nSPS) is 48.0. The summed E-state index contributed by atoms with van der Waals surface area (Å²) in [5.74, 6) is 0.369. The van der Waals surface area contributed by atoms with Gasteiger partial charge in [0, 0.05) is 5.92 Å². The van der Waals surface area contributed by atoms with Gasteiger partial charge >= 0.3 is 5.97 Å². The van der Waals surface area contributed by atoms with Gasteiger partial charge in [-0.25, -0.2) is 0 Å². The topological polar surface area (TPSA) is 51.4 Å². The molecule has 4 heteroatoms. The summed E-state index contributed by atoms with van der Waals surface area (Å²) in [6, 6.07) is 0. The van der Waals surface area contributed by atoms with Crippen molar-refractivity contribution in [2.45, 2.75) is 50.1 Å². The second-order valence-electron chi connectivity index (χ2n) is 5.87. The molecule has 6 unspecified atom stereocenters. The predicted octanol–water partition coefficient (Wildman–Crippen LogP) is 1.44. The van der Waals surface area contributed by atoms with Crippen LogP contribution < -0.4 is 0 Å². The first-order valence-electron chi connectivity index (χ1n) is 6.95. The molecular formula is C14H18O4. The summed E-state index contributed by atoms with van der Waals surface area (Å²) in [6.07, 6.45) is 9.53. The van der Waals surface area contributed by atoms with Crippen molar-refractivity contribution in [3.63, 3.8) is 0 Å². The maximum atomic E-state index is 12.0. The van der Waals surface area contributed by atoms with E-state index in [1.54, 1.807) is 0 Å². The third-order valence-electron chi connectivity index (χ3n) is 4.51. The van der Waals surface area contributed by atoms with E-state index in [2.05, 4.69) is 12.2 Å². The fraction of sp³-hybridized carbons (Fsp3) is 0.786. The highest BCUT2D eigenvalue weighted by atomic mass is 16.6. The van der Waals surface area contributed by atoms with Gasteiger partial charge in [0.2, 0.25) is 0 Å². The van der Waals surface area contributed by atoms with Crippen LogP contribution in [0.1, 0.15) is 25.7 Å². The Hall–Kier alpha value is -0.870. The van der Waals surface area contributed by atoms with E-state index in [9.17, 15) is 4.79 Å². The quantitative estimate of drug-likeness (QED) is 0.432. The molecule has 2 saturated heterocycles. The fourth-order valence-electron chi connectivity index (χ4n) is 3.21. The van der Waals surface area contributed by atoms with Gasteiger partial charge in [-0.05, 0) is 25.7 Å². The number of carbonyl (C=O) groups is 1. The average Bonchev–Trinajstić information content (AvgIpc) is 3.26. The van der Waals surface area contributed by atoms with E-state index in [-0.39, 0.29) is 11.9 Å². The van der Waals surface area contributed by atoms with Gasteiger partial charge in [-0.15, -0.1) is 0 Å². The van der Waals surface area contributed by atoms with Crippen molar-refractivity contribution < 1.29 is 19.0 Å². The third-order valence-corrected chi connectivity index (χ3v) is 4.51. The van der Waals surface area contributed by atoms with E-state index in [4.69, 9.17) is 14.2 Å². The molecule has 18 heavy (non-hydrogen) atoms. The minimum atomic E-state index is -0.0313. The van der Waals surface area contributed by atoms with Gasteiger partial charge in [-0.2, -0.15) is 0 Å². The Kier molecular flexibility index (Phi) is 2.49. The Labute approximate surface area is 106 Å². The molecule has 0 spiro atoms. The molecule has 4 rings (SSSR count). The van der Waals surface area contributed by atoms with Crippen molar-refractivity contribution in [1.82, 2.24) is 0 Å². The monoisotopic (exact) mass is 250 g/mol. The number of rotatable bonds is 3. The molecule has 0 radical (unpaired) electrons. The molecule has 3 fully saturated rings. The summed E-state index contributed by atoms with van der Waals surface area (Å²) < 4.78 is 16.3. The number of hydrogen-bond donors (Lipinski definition) is 0. The van der Waals surface area contributed by atoms with E-state index in [0.29, 0.717) is 36.9 Å². The standard InChI is InChI=1S/C14H18O4/c15-14(9-2-4-11-13(6-9)18-11)16-7-8-1-3-10-12(5-8)17-10/h1,3,8-13H,2,4-7H2. The number of epoxide rings is 2. The second-order valence-corrected chi connectivity index (χ2v) is 5.87. The van der Waals surface area contributed by atoms with Crippen LogP contribution in [0.5, 0.6) is 0 Å². The lowest BCUT2D eigenvalue weighted by molar-refractivity contribution is -0.150. The predicted molar refractivity (Wildman–Crippen MR) is 62.9 cm³/mol. The van der Waals surface area contributed by atoms with E-state index in [0.717, 1.165) is 25.7 Å². The molecule has 0 aromatic rings. The van der Waals surface area contributed by atoms with Crippen molar-refractivity contribution in [3.05, 3.63) is 12.2 Å². The van der Waals surface area contributed by atoms with E-state index < -0.39 is 0 Å². The molecule has 0 aromatic carbocycles. The number of esters is 1. The Balaban J connectivity index is 1.25. The molecule has 0 N–H and O–H groups in total. The van der Waals surface area contributed by atoms with Gasteiger partial charge in [0.15, 0.2) is 0 Å². The zero-order valence-corrected chi connectivity index (χ0v) is 10.3. The molecule has 2 heterocycles. The number of ether oxygens (including phenoxy) is 3. The maximum Gasteiger partial charge on any atom is 0.309 e. The van der Waals surface area contributed by atoms with E-state index >= 15 is 0 Å². The largest absolute Gasteiger partial charge is 0.465 e. The van der Waals surface area contributed by atoms with Gasteiger partial charge in [0.05, 0.1) is 30.8 Å². The molecule has 2 aliphatic carbocycles. The van der Waals surface area contributed by atoms with Crippen LogP contribution in [0.15, 0.2) is 12.2 Å². The summed E-state index contributed by atoms with van der Waals surface area (Å²) in [4.78, 5) is 12.0. The van der Waals surface area contributed by atoms with Crippen LogP contribution >= 0.6 is 0 Å². The molecule has 0 amide bonds. The number of carbonyl (C=O) groups excluding carboxylic acids is 1. The van der Waals surface area contributed by atoms with Gasteiger partial charge in [0.25, 0.3) is 0 Å². The first kappa shape index (κ1) is 11.0. The third kappa shape index (κ3) is 2.08. The summed E-state index contributed by atoms with van der Waals surface area (Å²) in [7, 11) is 0. The Morgan fingerprint density at radius 3 is 2.89 bits per heavy atom. The van der Waals surface area contributed by atoms with Crippen LogP contribution in [-0.4, -0.2) is 37.0 Å². The van der Waals surface area contributed by atoms with Crippen molar-refractivity contribution in [1.29, 1.82) is 0 Å². The highest BCUT2D eigenvalue weighted by Gasteiger charge is 2.46. The van der Waals surface area contributed by atoms with Crippen molar-refractivity contribution in [2.24, 2.45) is 11.8 Å². The molecule has 6 atom stereocenters. The fourth-order valence-corrected chi connectivity index (χ4v) is 3.21. The van der Waals surface area contributed by atoms with Crippen LogP contribution in [0.25, 0.3) is 0 Å². The van der Waals surface area contributed by atoms with Gasteiger partial charge in [-0.3, -0.25) is 4.79 Å². The molecule has 4 nitrogen and oxygen atoms in total. The van der Waals surface area contributed by atoms with Crippen molar-refractivity contribution in [2.75, 3.05) is 6.61 Å². The zero-order valence-electron chi connectivity index (χ0n) is 10.3. The molecule has 98 valence electrons. The number of hydrogen-bond acceptors (Lipinski definition) is 4. The van der Waals surface area contributed by atoms with Crippen LogP contribution in [0, 0.1) is 11.8 Å². The molecule has 0 bridgehead atoms. The smallest absolute Gasteiger partial charge is 0.309 e. The molecular weight excluding hydrogens is 232 g/mol. The summed E-state index contributed by atoms with van der Waals surface area (Å²) >= 11 is 0. The first-order chi connectivity index (χ1) is 8.79. The van der Waals surface area contributed by atoms with E-state index in [1.165, 1.54) is 0 Å². The van der Waals surface area contributed by atoms with Gasteiger partial charge < -0.3 is 14.2 Å². The SMILES string of the molecule is O=C(OCC1C=CC2OC2C1)C1CCC2OC2C1. The van der Waals surface area contributed by atoms with Crippen LogP contribution in [0.4, 0.5) is 0 Å². The molecule has 2 aliphatic heterocycles. The highest BCUT2D eigenvalue weighted by molar-refractivity contribution is 5.72. The Morgan fingerprint density at radius 1 is 1.11 bits per heavy atom. The molecule has 1 saturated carbocycles. The maximum absolute atomic E-state index is 12.0. The molecule has 4 aliphatic rings. The zero-order chi connectivity index (χ0) is 12.1. The second kappa shape index (κ2) is 4.07. The minimum Gasteiger partial charge on any atom is -0.465 e. The van der Waals surface area contributed by atoms with Crippen LogP contribution in [-0.2, 0) is 19.0 Å². The van der Waals surface area contributed by atoms with Crippen molar-refractivity contribution in [3.8, 4) is 0 Å². The average molecular weight is 250 g/mol. The number of fused-ring (bicyclic) bond motifs is 2. The lowest BCUT2D eigenvalue weighted by Crippen LogP contribution is -2.26. The molecule has 0 aromatic heterocycles.